The van der Waals surface area contributed by atoms with Gasteiger partial charge in [0, 0.05) is 26.2 Å². The van der Waals surface area contributed by atoms with Crippen LogP contribution in [0.3, 0.4) is 0 Å². The molecule has 0 aliphatic heterocycles. The van der Waals surface area contributed by atoms with Crippen molar-refractivity contribution < 1.29 is 4.74 Å². The maximum absolute atomic E-state index is 6.18. The summed E-state index contributed by atoms with van der Waals surface area (Å²) in [6, 6.07) is 15.6. The Labute approximate surface area is 149 Å². The van der Waals surface area contributed by atoms with Crippen molar-refractivity contribution in [2.24, 2.45) is 0 Å². The molecular formula is C19H14Cl2N2O. The first kappa shape index (κ1) is 15.3. The summed E-state index contributed by atoms with van der Waals surface area (Å²) in [6.07, 6.45) is 0. The van der Waals surface area contributed by atoms with Gasteiger partial charge in [0.05, 0.1) is 24.0 Å². The quantitative estimate of drug-likeness (QED) is 0.453. The van der Waals surface area contributed by atoms with E-state index in [0.29, 0.717) is 10.0 Å². The van der Waals surface area contributed by atoms with Crippen molar-refractivity contribution in [3.63, 3.8) is 0 Å². The number of hydrogen-bond acceptors (Lipinski definition) is 2. The fourth-order valence-corrected chi connectivity index (χ4v) is 3.62. The van der Waals surface area contributed by atoms with E-state index in [2.05, 4.69) is 6.07 Å². The second-order valence-electron chi connectivity index (χ2n) is 5.65. The SMILES string of the molecule is COc1cc2c(C)nn(-c3cc(Cl)cc(Cl)c3)c2c2ccccc12. The summed E-state index contributed by atoms with van der Waals surface area (Å²) in [6.45, 7) is 1.99. The van der Waals surface area contributed by atoms with Crippen LogP contribution in [0.4, 0.5) is 0 Å². The van der Waals surface area contributed by atoms with Crippen molar-refractivity contribution >= 4 is 44.9 Å². The van der Waals surface area contributed by atoms with Crippen LogP contribution in [-0.2, 0) is 0 Å². The van der Waals surface area contributed by atoms with Gasteiger partial charge < -0.3 is 4.74 Å². The molecule has 1 heterocycles. The molecule has 0 atom stereocenters. The molecule has 24 heavy (non-hydrogen) atoms. The normalized spacial score (nSPS) is 11.3. The van der Waals surface area contributed by atoms with Crippen LogP contribution in [-0.4, -0.2) is 16.9 Å². The summed E-state index contributed by atoms with van der Waals surface area (Å²) >= 11 is 12.4. The first-order valence-electron chi connectivity index (χ1n) is 7.50. The highest BCUT2D eigenvalue weighted by Gasteiger charge is 2.16. The monoisotopic (exact) mass is 356 g/mol. The second kappa shape index (κ2) is 5.69. The van der Waals surface area contributed by atoms with Gasteiger partial charge in [-0.2, -0.15) is 5.10 Å². The van der Waals surface area contributed by atoms with Crippen molar-refractivity contribution in [1.82, 2.24) is 9.78 Å². The highest BCUT2D eigenvalue weighted by molar-refractivity contribution is 6.34. The first-order chi connectivity index (χ1) is 11.6. The number of nitrogens with zero attached hydrogens (tertiary/aromatic N) is 2. The predicted octanol–water partition coefficient (Wildman–Crippen LogP) is 5.80. The minimum absolute atomic E-state index is 0.580. The lowest BCUT2D eigenvalue weighted by Gasteiger charge is -2.10. The molecule has 0 bridgehead atoms. The van der Waals surface area contributed by atoms with E-state index in [9.17, 15) is 0 Å². The van der Waals surface area contributed by atoms with E-state index < -0.39 is 0 Å². The molecule has 0 fully saturated rings. The third-order valence-corrected chi connectivity index (χ3v) is 4.58. The van der Waals surface area contributed by atoms with Crippen molar-refractivity contribution in [1.29, 1.82) is 0 Å². The number of hydrogen-bond donors (Lipinski definition) is 0. The largest absolute Gasteiger partial charge is 0.496 e. The minimum Gasteiger partial charge on any atom is -0.496 e. The number of methoxy groups -OCH3 is 1. The third-order valence-electron chi connectivity index (χ3n) is 4.14. The number of fused-ring (bicyclic) bond motifs is 3. The number of rotatable bonds is 2. The Balaban J connectivity index is 2.16. The van der Waals surface area contributed by atoms with Crippen LogP contribution >= 0.6 is 23.2 Å². The summed E-state index contributed by atoms with van der Waals surface area (Å²) in [4.78, 5) is 0. The molecule has 120 valence electrons. The second-order valence-corrected chi connectivity index (χ2v) is 6.52. The van der Waals surface area contributed by atoms with E-state index in [1.165, 1.54) is 0 Å². The average Bonchev–Trinajstić information content (AvgIpc) is 2.90. The van der Waals surface area contributed by atoms with E-state index >= 15 is 0 Å². The smallest absolute Gasteiger partial charge is 0.127 e. The number of aryl methyl sites for hydroxylation is 1. The summed E-state index contributed by atoms with van der Waals surface area (Å²) in [7, 11) is 1.68. The minimum atomic E-state index is 0.580. The molecule has 0 radical (unpaired) electrons. The summed E-state index contributed by atoms with van der Waals surface area (Å²) in [5.74, 6) is 0.838. The molecule has 1 aromatic heterocycles. The first-order valence-corrected chi connectivity index (χ1v) is 8.25. The van der Waals surface area contributed by atoms with Crippen LogP contribution in [0, 0.1) is 6.92 Å². The van der Waals surface area contributed by atoms with Crippen molar-refractivity contribution in [2.45, 2.75) is 6.92 Å². The van der Waals surface area contributed by atoms with Gasteiger partial charge in [-0.3, -0.25) is 0 Å². The summed E-state index contributed by atoms with van der Waals surface area (Å²) in [5.41, 5.74) is 2.77. The fourth-order valence-electron chi connectivity index (χ4n) is 3.10. The highest BCUT2D eigenvalue weighted by atomic mass is 35.5. The number of benzene rings is 3. The standard InChI is InChI=1S/C19H14Cl2N2O/c1-11-17-10-18(24-2)15-5-3-4-6-16(15)19(17)23(22-11)14-8-12(20)7-13(21)9-14/h3-10H,1-2H3. The number of ether oxygens (including phenoxy) is 1. The summed E-state index contributed by atoms with van der Waals surface area (Å²) in [5, 5.41) is 9.03. The zero-order valence-corrected chi connectivity index (χ0v) is 14.7. The molecule has 4 aromatic rings. The van der Waals surface area contributed by atoms with Crippen LogP contribution in [0.2, 0.25) is 10.0 Å². The highest BCUT2D eigenvalue weighted by Crippen LogP contribution is 2.36. The molecule has 3 nitrogen and oxygen atoms in total. The van der Waals surface area contributed by atoms with Crippen LogP contribution < -0.4 is 4.74 Å². The molecule has 0 aliphatic carbocycles. The number of halogens is 2. The molecule has 0 saturated heterocycles. The van der Waals surface area contributed by atoms with Crippen molar-refractivity contribution in [3.8, 4) is 11.4 Å². The fraction of sp³-hybridized carbons (Fsp3) is 0.105. The maximum atomic E-state index is 6.18. The molecular weight excluding hydrogens is 343 g/mol. The molecule has 4 rings (SSSR count). The van der Waals surface area contributed by atoms with E-state index in [4.69, 9.17) is 33.0 Å². The lowest BCUT2D eigenvalue weighted by Crippen LogP contribution is -1.97. The van der Waals surface area contributed by atoms with E-state index in [1.54, 1.807) is 13.2 Å². The van der Waals surface area contributed by atoms with Crippen LogP contribution in [0.25, 0.3) is 27.4 Å². The maximum Gasteiger partial charge on any atom is 0.127 e. The van der Waals surface area contributed by atoms with Gasteiger partial charge in [-0.25, -0.2) is 4.68 Å². The van der Waals surface area contributed by atoms with Crippen LogP contribution in [0.1, 0.15) is 5.69 Å². The van der Waals surface area contributed by atoms with Gasteiger partial charge in [0.25, 0.3) is 0 Å². The molecule has 3 aromatic carbocycles. The molecule has 0 N–H and O–H groups in total. The van der Waals surface area contributed by atoms with Gasteiger partial charge in [0.2, 0.25) is 0 Å². The molecule has 5 heteroatoms. The predicted molar refractivity (Wildman–Crippen MR) is 99.9 cm³/mol. The van der Waals surface area contributed by atoms with E-state index in [-0.39, 0.29) is 0 Å². The Hall–Kier alpha value is -2.23. The van der Waals surface area contributed by atoms with Crippen LogP contribution in [0.15, 0.2) is 48.5 Å². The Bertz CT molecular complexity index is 1070. The van der Waals surface area contributed by atoms with Crippen molar-refractivity contribution in [2.75, 3.05) is 7.11 Å². The number of aromatic nitrogens is 2. The van der Waals surface area contributed by atoms with Crippen molar-refractivity contribution in [3.05, 3.63) is 64.3 Å². The molecule has 0 spiro atoms. The van der Waals surface area contributed by atoms with Gasteiger partial charge in [0.15, 0.2) is 0 Å². The van der Waals surface area contributed by atoms with Gasteiger partial charge in [0.1, 0.15) is 5.75 Å². The Morgan fingerprint density at radius 1 is 0.917 bits per heavy atom. The van der Waals surface area contributed by atoms with Gasteiger partial charge in [-0.1, -0.05) is 47.5 Å². The van der Waals surface area contributed by atoms with Crippen LogP contribution in [0.5, 0.6) is 5.75 Å². The zero-order valence-electron chi connectivity index (χ0n) is 13.2. The molecule has 0 amide bonds. The molecule has 0 unspecified atom stereocenters. The topological polar surface area (TPSA) is 27.1 Å². The summed E-state index contributed by atoms with van der Waals surface area (Å²) < 4.78 is 7.46. The lowest BCUT2D eigenvalue weighted by atomic mass is 10.0. The molecule has 0 aliphatic rings. The van der Waals surface area contributed by atoms with E-state index in [1.807, 2.05) is 48.0 Å². The molecule has 0 saturated carbocycles. The van der Waals surface area contributed by atoms with E-state index in [0.717, 1.165) is 38.8 Å². The Morgan fingerprint density at radius 3 is 2.25 bits per heavy atom. The third kappa shape index (κ3) is 2.32. The lowest BCUT2D eigenvalue weighted by molar-refractivity contribution is 0.420. The average molecular weight is 357 g/mol. The van der Waals surface area contributed by atoms with Gasteiger partial charge >= 0.3 is 0 Å². The Kier molecular flexibility index (Phi) is 3.63. The zero-order chi connectivity index (χ0) is 16.8. The van der Waals surface area contributed by atoms with Gasteiger partial charge in [-0.15, -0.1) is 0 Å². The Morgan fingerprint density at radius 2 is 1.58 bits per heavy atom. The van der Waals surface area contributed by atoms with Gasteiger partial charge in [-0.05, 0) is 31.2 Å².